The van der Waals surface area contributed by atoms with E-state index in [4.69, 9.17) is 14.2 Å². The molecule has 24 heavy (non-hydrogen) atoms. The van der Waals surface area contributed by atoms with E-state index < -0.39 is 53.7 Å². The second-order valence-corrected chi connectivity index (χ2v) is 5.67. The zero-order chi connectivity index (χ0) is 18.4. The fourth-order valence-electron chi connectivity index (χ4n) is 1.45. The van der Waals surface area contributed by atoms with E-state index in [0.29, 0.717) is 0 Å². The molecule has 0 bridgehead atoms. The van der Waals surface area contributed by atoms with Crippen LogP contribution in [0.5, 0.6) is 0 Å². The highest BCUT2D eigenvalue weighted by molar-refractivity contribution is 5.92. The summed E-state index contributed by atoms with van der Waals surface area (Å²) in [6.45, 7) is 9.84. The van der Waals surface area contributed by atoms with Crippen LogP contribution in [0.1, 0.15) is 73.4 Å². The van der Waals surface area contributed by atoms with Crippen molar-refractivity contribution in [1.82, 2.24) is 15.0 Å². The maximum atomic E-state index is 12.0. The summed E-state index contributed by atoms with van der Waals surface area (Å²) in [5.74, 6) is -4.06. The predicted molar refractivity (Wildman–Crippen MR) is 81.5 cm³/mol. The molecule has 0 aliphatic rings. The summed E-state index contributed by atoms with van der Waals surface area (Å²) >= 11 is 0. The summed E-state index contributed by atoms with van der Waals surface area (Å²) in [5.41, 5.74) is 0. The smallest absolute Gasteiger partial charge is 0.376 e. The standard InChI is InChI=1S/C15H21N3O6/c1-7(2)22-13(19)10-16-11(14(20)23-8(3)4)18-12(17-10)15(21)24-9(5)6/h7-9H,1-6H3. The van der Waals surface area contributed by atoms with E-state index in [-0.39, 0.29) is 0 Å². The molecule has 0 spiro atoms. The molecule has 0 aliphatic carbocycles. The van der Waals surface area contributed by atoms with Gasteiger partial charge in [-0.15, -0.1) is 0 Å². The average Bonchev–Trinajstić information content (AvgIpc) is 2.44. The van der Waals surface area contributed by atoms with Crippen molar-refractivity contribution in [3.8, 4) is 0 Å². The molecule has 1 heterocycles. The number of ether oxygens (including phenoxy) is 3. The largest absolute Gasteiger partial charge is 0.457 e. The molecule has 9 nitrogen and oxygen atoms in total. The lowest BCUT2D eigenvalue weighted by molar-refractivity contribution is 0.0341. The summed E-state index contributed by atoms with van der Waals surface area (Å²) in [4.78, 5) is 47.1. The van der Waals surface area contributed by atoms with E-state index in [2.05, 4.69) is 15.0 Å². The number of nitrogens with zero attached hydrogens (tertiary/aromatic N) is 3. The van der Waals surface area contributed by atoms with Gasteiger partial charge in [-0.25, -0.2) is 14.4 Å². The molecule has 0 amide bonds. The monoisotopic (exact) mass is 339 g/mol. The molecule has 0 atom stereocenters. The Hall–Kier alpha value is -2.58. The highest BCUT2D eigenvalue weighted by Crippen LogP contribution is 2.06. The molecule has 0 saturated carbocycles. The molecule has 132 valence electrons. The fraction of sp³-hybridized carbons (Fsp3) is 0.600. The summed E-state index contributed by atoms with van der Waals surface area (Å²) in [6, 6.07) is 0. The Bertz CT molecular complexity index is 530. The molecule has 0 radical (unpaired) electrons. The molecular formula is C15H21N3O6. The van der Waals surface area contributed by atoms with Gasteiger partial charge in [-0.05, 0) is 41.5 Å². The minimum atomic E-state index is -0.885. The van der Waals surface area contributed by atoms with Crippen molar-refractivity contribution in [1.29, 1.82) is 0 Å². The molecule has 0 saturated heterocycles. The highest BCUT2D eigenvalue weighted by Gasteiger charge is 2.25. The Morgan fingerprint density at radius 1 is 0.583 bits per heavy atom. The molecule has 1 aromatic rings. The number of aromatic nitrogens is 3. The minimum Gasteiger partial charge on any atom is -0.457 e. The number of esters is 3. The number of carbonyl (C=O) groups is 3. The van der Waals surface area contributed by atoms with E-state index in [0.717, 1.165) is 0 Å². The molecule has 0 N–H and O–H groups in total. The average molecular weight is 339 g/mol. The van der Waals surface area contributed by atoms with Crippen molar-refractivity contribution in [2.75, 3.05) is 0 Å². The van der Waals surface area contributed by atoms with Crippen molar-refractivity contribution in [3.63, 3.8) is 0 Å². The second kappa shape index (κ2) is 8.32. The molecule has 1 rings (SSSR count). The van der Waals surface area contributed by atoms with Gasteiger partial charge < -0.3 is 14.2 Å². The molecule has 0 aromatic carbocycles. The summed E-state index contributed by atoms with van der Waals surface area (Å²) < 4.78 is 14.9. The maximum Gasteiger partial charge on any atom is 0.376 e. The number of hydrogen-bond acceptors (Lipinski definition) is 9. The SMILES string of the molecule is CC(C)OC(=O)c1nc(C(=O)OC(C)C)nc(C(=O)OC(C)C)n1. The summed E-state index contributed by atoms with van der Waals surface area (Å²) in [7, 11) is 0. The van der Waals surface area contributed by atoms with Crippen LogP contribution in [0.15, 0.2) is 0 Å². The van der Waals surface area contributed by atoms with E-state index >= 15 is 0 Å². The minimum absolute atomic E-state index is 0.425. The van der Waals surface area contributed by atoms with Gasteiger partial charge in [0.2, 0.25) is 17.5 Å². The van der Waals surface area contributed by atoms with Crippen LogP contribution in [-0.4, -0.2) is 51.2 Å². The van der Waals surface area contributed by atoms with Crippen LogP contribution in [-0.2, 0) is 14.2 Å². The van der Waals surface area contributed by atoms with Gasteiger partial charge in [0.25, 0.3) is 0 Å². The molecular weight excluding hydrogens is 318 g/mol. The molecule has 0 unspecified atom stereocenters. The highest BCUT2D eigenvalue weighted by atomic mass is 16.6. The first-order chi connectivity index (χ1) is 11.1. The molecule has 9 heteroatoms. The van der Waals surface area contributed by atoms with Gasteiger partial charge in [0.05, 0.1) is 18.3 Å². The van der Waals surface area contributed by atoms with Crippen LogP contribution < -0.4 is 0 Å². The third-order valence-electron chi connectivity index (χ3n) is 2.21. The van der Waals surface area contributed by atoms with Gasteiger partial charge in [0.15, 0.2) is 0 Å². The van der Waals surface area contributed by atoms with Gasteiger partial charge in [0, 0.05) is 0 Å². The maximum absolute atomic E-state index is 12.0. The van der Waals surface area contributed by atoms with Crippen molar-refractivity contribution in [2.45, 2.75) is 59.9 Å². The lowest BCUT2D eigenvalue weighted by Crippen LogP contribution is -2.24. The first-order valence-electron chi connectivity index (χ1n) is 7.49. The predicted octanol–water partition coefficient (Wildman–Crippen LogP) is 1.57. The Balaban J connectivity index is 3.25. The van der Waals surface area contributed by atoms with Gasteiger partial charge in [-0.1, -0.05) is 0 Å². The number of carbonyl (C=O) groups excluding carboxylic acids is 3. The third-order valence-corrected chi connectivity index (χ3v) is 2.21. The second-order valence-electron chi connectivity index (χ2n) is 5.67. The quantitative estimate of drug-likeness (QED) is 0.562. The summed E-state index contributed by atoms with van der Waals surface area (Å²) in [5, 5.41) is 0. The summed E-state index contributed by atoms with van der Waals surface area (Å²) in [6.07, 6.45) is -1.27. The lowest BCUT2D eigenvalue weighted by atomic mass is 10.4. The van der Waals surface area contributed by atoms with Crippen molar-refractivity contribution in [3.05, 3.63) is 17.5 Å². The van der Waals surface area contributed by atoms with Crippen molar-refractivity contribution < 1.29 is 28.6 Å². The fourth-order valence-corrected chi connectivity index (χ4v) is 1.45. The van der Waals surface area contributed by atoms with E-state index in [1.165, 1.54) is 0 Å². The zero-order valence-corrected chi connectivity index (χ0v) is 14.5. The van der Waals surface area contributed by atoms with Crippen LogP contribution >= 0.6 is 0 Å². The van der Waals surface area contributed by atoms with E-state index in [9.17, 15) is 14.4 Å². The number of rotatable bonds is 6. The molecule has 0 fully saturated rings. The lowest BCUT2D eigenvalue weighted by Gasteiger charge is -2.11. The molecule has 1 aromatic heterocycles. The van der Waals surface area contributed by atoms with E-state index in [1.807, 2.05) is 0 Å². The Kier molecular flexibility index (Phi) is 6.75. The normalized spacial score (nSPS) is 10.9. The topological polar surface area (TPSA) is 118 Å². The van der Waals surface area contributed by atoms with E-state index in [1.54, 1.807) is 41.5 Å². The Morgan fingerprint density at radius 2 is 0.792 bits per heavy atom. The number of hydrogen-bond donors (Lipinski definition) is 0. The van der Waals surface area contributed by atoms with Crippen LogP contribution in [0.4, 0.5) is 0 Å². The van der Waals surface area contributed by atoms with Gasteiger partial charge in [-0.3, -0.25) is 0 Å². The van der Waals surface area contributed by atoms with Crippen LogP contribution in [0, 0.1) is 0 Å². The Morgan fingerprint density at radius 3 is 0.958 bits per heavy atom. The van der Waals surface area contributed by atoms with Gasteiger partial charge >= 0.3 is 17.9 Å². The molecule has 0 aliphatic heterocycles. The first-order valence-corrected chi connectivity index (χ1v) is 7.49. The zero-order valence-electron chi connectivity index (χ0n) is 14.5. The van der Waals surface area contributed by atoms with Crippen molar-refractivity contribution in [2.24, 2.45) is 0 Å². The van der Waals surface area contributed by atoms with Gasteiger partial charge in [-0.2, -0.15) is 15.0 Å². The van der Waals surface area contributed by atoms with Crippen LogP contribution in [0.25, 0.3) is 0 Å². The van der Waals surface area contributed by atoms with Crippen LogP contribution in [0.3, 0.4) is 0 Å². The van der Waals surface area contributed by atoms with Crippen molar-refractivity contribution >= 4 is 17.9 Å². The van der Waals surface area contributed by atoms with Crippen LogP contribution in [0.2, 0.25) is 0 Å². The van der Waals surface area contributed by atoms with Gasteiger partial charge in [0.1, 0.15) is 0 Å². The first kappa shape index (κ1) is 19.5. The third kappa shape index (κ3) is 5.90. The Labute approximate surface area is 139 Å².